The lowest BCUT2D eigenvalue weighted by Crippen LogP contribution is -2.35. The Kier molecular flexibility index (Phi) is 2.12. The first-order valence-corrected chi connectivity index (χ1v) is 6.07. The zero-order valence-corrected chi connectivity index (χ0v) is 10.2. The van der Waals surface area contributed by atoms with Crippen LogP contribution in [0.15, 0.2) is 29.3 Å². The third-order valence-electron chi connectivity index (χ3n) is 3.66. The monoisotopic (exact) mass is 228 g/mol. The number of amidine groups is 1. The van der Waals surface area contributed by atoms with Gasteiger partial charge in [-0.05, 0) is 37.8 Å². The SMILES string of the molecule is CC1(C)N=C(C2CCc3ccccc32)NC1=O. The van der Waals surface area contributed by atoms with Crippen LogP contribution >= 0.6 is 0 Å². The van der Waals surface area contributed by atoms with E-state index in [1.165, 1.54) is 11.1 Å². The van der Waals surface area contributed by atoms with Crippen molar-refractivity contribution in [2.45, 2.75) is 38.1 Å². The van der Waals surface area contributed by atoms with Crippen molar-refractivity contribution in [2.75, 3.05) is 0 Å². The number of aliphatic imine (C=N–C) groups is 1. The summed E-state index contributed by atoms with van der Waals surface area (Å²) in [5.41, 5.74) is 2.11. The molecule has 1 aliphatic carbocycles. The third kappa shape index (κ3) is 1.57. The van der Waals surface area contributed by atoms with E-state index < -0.39 is 5.54 Å². The molecule has 0 spiro atoms. The molecule has 88 valence electrons. The van der Waals surface area contributed by atoms with Crippen molar-refractivity contribution in [2.24, 2.45) is 4.99 Å². The van der Waals surface area contributed by atoms with Gasteiger partial charge >= 0.3 is 0 Å². The maximum absolute atomic E-state index is 11.7. The molecule has 3 heteroatoms. The lowest BCUT2D eigenvalue weighted by molar-refractivity contribution is -0.122. The topological polar surface area (TPSA) is 41.5 Å². The Morgan fingerprint density at radius 3 is 2.82 bits per heavy atom. The summed E-state index contributed by atoms with van der Waals surface area (Å²) in [6.07, 6.45) is 2.13. The van der Waals surface area contributed by atoms with E-state index in [2.05, 4.69) is 34.6 Å². The second kappa shape index (κ2) is 3.42. The number of nitrogens with zero attached hydrogens (tertiary/aromatic N) is 1. The van der Waals surface area contributed by atoms with Crippen molar-refractivity contribution < 1.29 is 4.79 Å². The van der Waals surface area contributed by atoms with Crippen molar-refractivity contribution in [1.82, 2.24) is 5.32 Å². The summed E-state index contributed by atoms with van der Waals surface area (Å²) < 4.78 is 0. The normalized spacial score (nSPS) is 25.4. The van der Waals surface area contributed by atoms with E-state index in [1.807, 2.05) is 13.8 Å². The number of aryl methyl sites for hydroxylation is 1. The molecule has 1 aliphatic heterocycles. The van der Waals surface area contributed by atoms with E-state index in [0.717, 1.165) is 18.7 Å². The van der Waals surface area contributed by atoms with Crippen LogP contribution in [-0.4, -0.2) is 17.3 Å². The average molecular weight is 228 g/mol. The van der Waals surface area contributed by atoms with E-state index in [9.17, 15) is 4.79 Å². The number of nitrogens with one attached hydrogen (secondary N) is 1. The lowest BCUT2D eigenvalue weighted by Gasteiger charge is -2.10. The summed E-state index contributed by atoms with van der Waals surface area (Å²) in [6.45, 7) is 3.71. The van der Waals surface area contributed by atoms with Gasteiger partial charge in [-0.3, -0.25) is 9.79 Å². The molecule has 0 saturated carbocycles. The summed E-state index contributed by atoms with van der Waals surface area (Å²) in [4.78, 5) is 16.3. The third-order valence-corrected chi connectivity index (χ3v) is 3.66. The van der Waals surface area contributed by atoms with Gasteiger partial charge in [0.2, 0.25) is 0 Å². The summed E-state index contributed by atoms with van der Waals surface area (Å²) in [6, 6.07) is 8.44. The summed E-state index contributed by atoms with van der Waals surface area (Å²) >= 11 is 0. The van der Waals surface area contributed by atoms with Crippen molar-refractivity contribution in [3.63, 3.8) is 0 Å². The maximum atomic E-state index is 11.7. The molecule has 1 atom stereocenters. The first kappa shape index (κ1) is 10.5. The predicted molar refractivity (Wildman–Crippen MR) is 67.2 cm³/mol. The number of rotatable bonds is 1. The van der Waals surface area contributed by atoms with Gasteiger partial charge in [-0.25, -0.2) is 0 Å². The zero-order valence-electron chi connectivity index (χ0n) is 10.2. The molecule has 1 heterocycles. The number of fused-ring (bicyclic) bond motifs is 1. The fraction of sp³-hybridized carbons (Fsp3) is 0.429. The first-order chi connectivity index (χ1) is 8.08. The Bertz CT molecular complexity index is 517. The number of benzene rings is 1. The number of carbonyl (C=O) groups is 1. The number of hydrogen-bond acceptors (Lipinski definition) is 2. The molecule has 3 rings (SSSR count). The molecule has 0 radical (unpaired) electrons. The highest BCUT2D eigenvalue weighted by Gasteiger charge is 2.38. The van der Waals surface area contributed by atoms with Crippen LogP contribution in [0.1, 0.15) is 37.3 Å². The molecule has 1 N–H and O–H groups in total. The second-order valence-electron chi connectivity index (χ2n) is 5.30. The Morgan fingerprint density at radius 2 is 2.12 bits per heavy atom. The average Bonchev–Trinajstić information content (AvgIpc) is 2.81. The Morgan fingerprint density at radius 1 is 1.35 bits per heavy atom. The number of amides is 1. The van der Waals surface area contributed by atoms with E-state index in [1.54, 1.807) is 0 Å². The minimum atomic E-state index is -0.604. The van der Waals surface area contributed by atoms with Crippen LogP contribution in [0.25, 0.3) is 0 Å². The largest absolute Gasteiger partial charge is 0.312 e. The van der Waals surface area contributed by atoms with Crippen LogP contribution in [0.4, 0.5) is 0 Å². The number of hydrogen-bond donors (Lipinski definition) is 1. The van der Waals surface area contributed by atoms with Crippen LogP contribution in [0.5, 0.6) is 0 Å². The Labute approximate surface area is 101 Å². The van der Waals surface area contributed by atoms with Gasteiger partial charge in [-0.15, -0.1) is 0 Å². The van der Waals surface area contributed by atoms with E-state index in [0.29, 0.717) is 0 Å². The number of carbonyl (C=O) groups excluding carboxylic acids is 1. The molecule has 1 aromatic carbocycles. The molecule has 17 heavy (non-hydrogen) atoms. The molecular weight excluding hydrogens is 212 g/mol. The highest BCUT2D eigenvalue weighted by molar-refractivity contribution is 6.10. The van der Waals surface area contributed by atoms with Gasteiger partial charge in [-0.1, -0.05) is 24.3 Å². The quantitative estimate of drug-likeness (QED) is 0.785. The Balaban J connectivity index is 1.97. The van der Waals surface area contributed by atoms with Gasteiger partial charge in [0.05, 0.1) is 0 Å². The van der Waals surface area contributed by atoms with E-state index >= 15 is 0 Å². The van der Waals surface area contributed by atoms with Crippen molar-refractivity contribution in [3.05, 3.63) is 35.4 Å². The summed E-state index contributed by atoms with van der Waals surface area (Å²) in [5, 5.41) is 2.94. The van der Waals surface area contributed by atoms with Crippen molar-refractivity contribution in [3.8, 4) is 0 Å². The summed E-state index contributed by atoms with van der Waals surface area (Å²) in [7, 11) is 0. The van der Waals surface area contributed by atoms with Crippen molar-refractivity contribution in [1.29, 1.82) is 0 Å². The molecule has 0 bridgehead atoms. The fourth-order valence-electron chi connectivity index (χ4n) is 2.66. The smallest absolute Gasteiger partial charge is 0.252 e. The highest BCUT2D eigenvalue weighted by atomic mass is 16.2. The molecule has 1 amide bonds. The lowest BCUT2D eigenvalue weighted by atomic mass is 10.0. The minimum Gasteiger partial charge on any atom is -0.312 e. The van der Waals surface area contributed by atoms with Crippen LogP contribution in [0.2, 0.25) is 0 Å². The second-order valence-corrected chi connectivity index (χ2v) is 5.30. The zero-order chi connectivity index (χ0) is 12.0. The standard InChI is InChI=1S/C14H16N2O/c1-14(2)13(17)15-12(16-14)11-8-7-9-5-3-4-6-10(9)11/h3-6,11H,7-8H2,1-2H3,(H,15,16,17). The highest BCUT2D eigenvalue weighted by Crippen LogP contribution is 2.35. The molecular formula is C14H16N2O. The van der Waals surface area contributed by atoms with Crippen LogP contribution in [0.3, 0.4) is 0 Å². The molecule has 0 fully saturated rings. The molecule has 1 unspecified atom stereocenters. The first-order valence-electron chi connectivity index (χ1n) is 6.07. The Hall–Kier alpha value is -1.64. The maximum Gasteiger partial charge on any atom is 0.252 e. The van der Waals surface area contributed by atoms with Gasteiger partial charge < -0.3 is 5.32 Å². The molecule has 2 aliphatic rings. The minimum absolute atomic E-state index is 0.0110. The van der Waals surface area contributed by atoms with Gasteiger partial charge in [0, 0.05) is 5.92 Å². The van der Waals surface area contributed by atoms with Gasteiger partial charge in [-0.2, -0.15) is 0 Å². The molecule has 3 nitrogen and oxygen atoms in total. The van der Waals surface area contributed by atoms with Crippen molar-refractivity contribution >= 4 is 11.7 Å². The van der Waals surface area contributed by atoms with E-state index in [4.69, 9.17) is 0 Å². The summed E-state index contributed by atoms with van der Waals surface area (Å²) in [5.74, 6) is 1.14. The van der Waals surface area contributed by atoms with E-state index in [-0.39, 0.29) is 11.8 Å². The van der Waals surface area contributed by atoms with Crippen LogP contribution in [0, 0.1) is 0 Å². The molecule has 0 aromatic heterocycles. The van der Waals surface area contributed by atoms with Gasteiger partial charge in [0.15, 0.2) is 0 Å². The van der Waals surface area contributed by atoms with Crippen LogP contribution < -0.4 is 5.32 Å². The molecule has 0 saturated heterocycles. The van der Waals surface area contributed by atoms with Crippen LogP contribution in [-0.2, 0) is 11.2 Å². The predicted octanol–water partition coefficient (Wildman–Crippen LogP) is 2.02. The fourth-order valence-corrected chi connectivity index (χ4v) is 2.66. The van der Waals surface area contributed by atoms with Gasteiger partial charge in [0.1, 0.15) is 11.4 Å². The van der Waals surface area contributed by atoms with Gasteiger partial charge in [0.25, 0.3) is 5.91 Å². The molecule has 1 aromatic rings.